The molecule has 1 unspecified atom stereocenters. The molecule has 1 amide bonds. The summed E-state index contributed by atoms with van der Waals surface area (Å²) >= 11 is 0. The molecule has 0 aliphatic carbocycles. The fourth-order valence-corrected chi connectivity index (χ4v) is 1.23. The molecule has 1 aliphatic heterocycles. The maximum absolute atomic E-state index is 10.7. The highest BCUT2D eigenvalue weighted by Crippen LogP contribution is 2.04. The van der Waals surface area contributed by atoms with Gasteiger partial charge in [-0.1, -0.05) is 0 Å². The molecule has 5 heteroatoms. The molecule has 2 heterocycles. The van der Waals surface area contributed by atoms with Crippen molar-refractivity contribution in [3.63, 3.8) is 0 Å². The lowest BCUT2D eigenvalue weighted by atomic mass is 10.2. The summed E-state index contributed by atoms with van der Waals surface area (Å²) in [5, 5.41) is 2.68. The van der Waals surface area contributed by atoms with Gasteiger partial charge in [0.25, 0.3) is 0 Å². The van der Waals surface area contributed by atoms with Crippen molar-refractivity contribution in [2.45, 2.75) is 12.5 Å². The van der Waals surface area contributed by atoms with E-state index in [2.05, 4.69) is 15.3 Å². The molecule has 0 aromatic carbocycles. The van der Waals surface area contributed by atoms with Crippen LogP contribution in [0.4, 0.5) is 4.79 Å². The monoisotopic (exact) mass is 179 g/mol. The summed E-state index contributed by atoms with van der Waals surface area (Å²) in [6.45, 7) is 0.419. The zero-order valence-electron chi connectivity index (χ0n) is 6.93. The van der Waals surface area contributed by atoms with Crippen molar-refractivity contribution in [1.29, 1.82) is 0 Å². The molecule has 1 aromatic heterocycles. The van der Waals surface area contributed by atoms with Crippen LogP contribution in [0, 0.1) is 0 Å². The fourth-order valence-electron chi connectivity index (χ4n) is 1.23. The molecular formula is C8H9N3O2. The van der Waals surface area contributed by atoms with Gasteiger partial charge in [0.1, 0.15) is 12.9 Å². The Morgan fingerprint density at radius 1 is 1.69 bits per heavy atom. The van der Waals surface area contributed by atoms with Gasteiger partial charge in [0.15, 0.2) is 0 Å². The summed E-state index contributed by atoms with van der Waals surface area (Å²) in [7, 11) is 0. The van der Waals surface area contributed by atoms with Crippen LogP contribution in [-0.2, 0) is 11.2 Å². The van der Waals surface area contributed by atoms with Crippen LogP contribution in [0.25, 0.3) is 0 Å². The van der Waals surface area contributed by atoms with Gasteiger partial charge in [0.2, 0.25) is 0 Å². The van der Waals surface area contributed by atoms with Crippen LogP contribution in [0.5, 0.6) is 0 Å². The van der Waals surface area contributed by atoms with Crippen LogP contribution in [0.2, 0.25) is 0 Å². The molecule has 1 fully saturated rings. The van der Waals surface area contributed by atoms with E-state index in [9.17, 15) is 4.79 Å². The van der Waals surface area contributed by atoms with Crippen LogP contribution >= 0.6 is 0 Å². The van der Waals surface area contributed by atoms with E-state index in [1.807, 2.05) is 6.07 Å². The van der Waals surface area contributed by atoms with Gasteiger partial charge in [-0.3, -0.25) is 0 Å². The number of cyclic esters (lactones) is 1. The van der Waals surface area contributed by atoms with Gasteiger partial charge in [-0.2, -0.15) is 0 Å². The van der Waals surface area contributed by atoms with Crippen LogP contribution in [0.3, 0.4) is 0 Å². The number of ether oxygens (including phenoxy) is 1. The number of nitrogens with one attached hydrogen (secondary N) is 1. The third kappa shape index (κ3) is 1.93. The molecule has 1 saturated heterocycles. The topological polar surface area (TPSA) is 64.1 Å². The molecule has 1 N–H and O–H groups in total. The second kappa shape index (κ2) is 3.38. The van der Waals surface area contributed by atoms with E-state index >= 15 is 0 Å². The Morgan fingerprint density at radius 2 is 2.62 bits per heavy atom. The molecule has 5 nitrogen and oxygen atoms in total. The smallest absolute Gasteiger partial charge is 0.407 e. The number of carbonyl (C=O) groups excluding carboxylic acids is 1. The average molecular weight is 179 g/mol. The molecule has 0 spiro atoms. The molecule has 68 valence electrons. The second-order valence-electron chi connectivity index (χ2n) is 2.84. The zero-order valence-corrected chi connectivity index (χ0v) is 6.93. The standard InChI is InChI=1S/C8H9N3O2/c12-8-11-7(4-13-8)3-6-1-2-9-5-10-6/h1-2,5,7H,3-4H2,(H,11,12). The minimum atomic E-state index is -0.348. The molecule has 0 bridgehead atoms. The summed E-state index contributed by atoms with van der Waals surface area (Å²) in [4.78, 5) is 18.5. The van der Waals surface area contributed by atoms with Gasteiger partial charge in [-0.15, -0.1) is 0 Å². The first-order chi connectivity index (χ1) is 6.34. The summed E-state index contributed by atoms with van der Waals surface area (Å²) < 4.78 is 4.74. The number of rotatable bonds is 2. The summed E-state index contributed by atoms with van der Waals surface area (Å²) in [5.41, 5.74) is 0.908. The highest BCUT2D eigenvalue weighted by molar-refractivity contribution is 5.69. The number of carbonyl (C=O) groups is 1. The Balaban J connectivity index is 1.96. The van der Waals surface area contributed by atoms with Crippen molar-refractivity contribution in [3.05, 3.63) is 24.3 Å². The fraction of sp³-hybridized carbons (Fsp3) is 0.375. The zero-order chi connectivity index (χ0) is 9.10. The molecule has 1 atom stereocenters. The van der Waals surface area contributed by atoms with Crippen molar-refractivity contribution in [2.75, 3.05) is 6.61 Å². The minimum Gasteiger partial charge on any atom is -0.447 e. The van der Waals surface area contributed by atoms with Crippen LogP contribution in [0.1, 0.15) is 5.69 Å². The Kier molecular flexibility index (Phi) is 2.08. The van der Waals surface area contributed by atoms with Gasteiger partial charge in [0, 0.05) is 18.3 Å². The Hall–Kier alpha value is -1.65. The Morgan fingerprint density at radius 3 is 3.23 bits per heavy atom. The third-order valence-electron chi connectivity index (χ3n) is 1.84. The first-order valence-electron chi connectivity index (χ1n) is 4.03. The molecule has 2 rings (SSSR count). The summed E-state index contributed by atoms with van der Waals surface area (Å²) in [6, 6.07) is 1.87. The Labute approximate surface area is 75.1 Å². The van der Waals surface area contributed by atoms with Crippen LogP contribution < -0.4 is 5.32 Å². The molecule has 0 radical (unpaired) electrons. The van der Waals surface area contributed by atoms with Crippen molar-refractivity contribution in [2.24, 2.45) is 0 Å². The van der Waals surface area contributed by atoms with Gasteiger partial charge in [0.05, 0.1) is 6.04 Å². The number of amides is 1. The van der Waals surface area contributed by atoms with Crippen LogP contribution in [0.15, 0.2) is 18.6 Å². The number of aromatic nitrogens is 2. The normalized spacial score (nSPS) is 20.9. The predicted molar refractivity (Wildman–Crippen MR) is 44.0 cm³/mol. The molecule has 1 aromatic rings. The van der Waals surface area contributed by atoms with Crippen molar-refractivity contribution in [3.8, 4) is 0 Å². The lowest BCUT2D eigenvalue weighted by Gasteiger charge is -2.04. The van der Waals surface area contributed by atoms with E-state index in [1.165, 1.54) is 6.33 Å². The van der Waals surface area contributed by atoms with E-state index in [0.29, 0.717) is 13.0 Å². The molecule has 13 heavy (non-hydrogen) atoms. The highest BCUT2D eigenvalue weighted by Gasteiger charge is 2.22. The second-order valence-corrected chi connectivity index (χ2v) is 2.84. The van der Waals surface area contributed by atoms with Gasteiger partial charge in [-0.25, -0.2) is 14.8 Å². The number of hydrogen-bond donors (Lipinski definition) is 1. The highest BCUT2D eigenvalue weighted by atomic mass is 16.6. The van der Waals surface area contributed by atoms with Gasteiger partial charge in [-0.05, 0) is 6.07 Å². The quantitative estimate of drug-likeness (QED) is 0.700. The van der Waals surface area contributed by atoms with E-state index in [0.717, 1.165) is 5.69 Å². The summed E-state index contributed by atoms with van der Waals surface area (Å²) in [5.74, 6) is 0. The largest absolute Gasteiger partial charge is 0.447 e. The van der Waals surface area contributed by atoms with Gasteiger partial charge >= 0.3 is 6.09 Å². The lowest BCUT2D eigenvalue weighted by Crippen LogP contribution is -2.28. The van der Waals surface area contributed by atoms with Crippen molar-refractivity contribution in [1.82, 2.24) is 15.3 Å². The first kappa shape index (κ1) is 7.97. The minimum absolute atomic E-state index is 0.0439. The number of alkyl carbamates (subject to hydrolysis) is 1. The van der Waals surface area contributed by atoms with Gasteiger partial charge < -0.3 is 10.1 Å². The average Bonchev–Trinajstić information content (AvgIpc) is 2.53. The Bertz CT molecular complexity index is 302. The molecule has 0 saturated carbocycles. The van der Waals surface area contributed by atoms with E-state index in [4.69, 9.17) is 4.74 Å². The summed E-state index contributed by atoms with van der Waals surface area (Å²) in [6.07, 6.45) is 3.51. The maximum atomic E-state index is 10.7. The lowest BCUT2D eigenvalue weighted by molar-refractivity contribution is 0.176. The van der Waals surface area contributed by atoms with E-state index in [-0.39, 0.29) is 12.1 Å². The molecule has 1 aliphatic rings. The third-order valence-corrected chi connectivity index (χ3v) is 1.84. The van der Waals surface area contributed by atoms with Crippen molar-refractivity contribution >= 4 is 6.09 Å². The van der Waals surface area contributed by atoms with E-state index in [1.54, 1.807) is 6.20 Å². The molecular weight excluding hydrogens is 170 g/mol. The van der Waals surface area contributed by atoms with Crippen molar-refractivity contribution < 1.29 is 9.53 Å². The SMILES string of the molecule is O=C1NC(Cc2ccncn2)CO1. The maximum Gasteiger partial charge on any atom is 0.407 e. The van der Waals surface area contributed by atoms with Crippen LogP contribution in [-0.4, -0.2) is 28.7 Å². The number of nitrogens with zero attached hydrogens (tertiary/aromatic N) is 2. The van der Waals surface area contributed by atoms with E-state index < -0.39 is 0 Å². The predicted octanol–water partition coefficient (Wildman–Crippen LogP) is 0.127. The first-order valence-corrected chi connectivity index (χ1v) is 4.03. The number of hydrogen-bond acceptors (Lipinski definition) is 4.